The lowest BCUT2D eigenvalue weighted by Crippen LogP contribution is -2.53. The lowest BCUT2D eigenvalue weighted by atomic mass is 9.87. The Morgan fingerprint density at radius 2 is 1.71 bits per heavy atom. The molecule has 21 heavy (non-hydrogen) atoms. The number of amides is 2. The Morgan fingerprint density at radius 3 is 2.29 bits per heavy atom. The molecule has 1 saturated heterocycles. The average molecular weight is 295 g/mol. The molecule has 0 aromatic carbocycles. The maximum atomic E-state index is 12.6. The van der Waals surface area contributed by atoms with Gasteiger partial charge >= 0.3 is 0 Å². The number of nitrogens with zero attached hydrogens (tertiary/aromatic N) is 2. The molecule has 0 bridgehead atoms. The van der Waals surface area contributed by atoms with Gasteiger partial charge in [-0.2, -0.15) is 0 Å². The summed E-state index contributed by atoms with van der Waals surface area (Å²) in [5, 5.41) is 2.90. The molecular weight excluding hydrogens is 266 g/mol. The molecule has 0 aromatic rings. The Morgan fingerprint density at radius 1 is 1.10 bits per heavy atom. The Balaban J connectivity index is 1.75. The van der Waals surface area contributed by atoms with Crippen LogP contribution in [-0.2, 0) is 9.59 Å². The third kappa shape index (κ3) is 4.19. The molecule has 1 aliphatic carbocycles. The van der Waals surface area contributed by atoms with Crippen molar-refractivity contribution in [3.8, 4) is 0 Å². The van der Waals surface area contributed by atoms with E-state index < -0.39 is 0 Å². The number of hydrogen-bond acceptors (Lipinski definition) is 3. The predicted octanol–water partition coefficient (Wildman–Crippen LogP) is 1.24. The summed E-state index contributed by atoms with van der Waals surface area (Å²) < 4.78 is 0. The summed E-state index contributed by atoms with van der Waals surface area (Å²) in [6, 6.07) is 0. The zero-order valence-electron chi connectivity index (χ0n) is 13.5. The highest BCUT2D eigenvalue weighted by molar-refractivity contribution is 5.83. The molecule has 2 rings (SSSR count). The number of carbonyl (C=O) groups excluding carboxylic acids is 2. The zero-order chi connectivity index (χ0) is 15.3. The molecule has 2 aliphatic rings. The van der Waals surface area contributed by atoms with Gasteiger partial charge in [0.15, 0.2) is 0 Å². The first-order valence-corrected chi connectivity index (χ1v) is 8.33. The first-order valence-electron chi connectivity index (χ1n) is 8.33. The minimum atomic E-state index is -0.124. The monoisotopic (exact) mass is 295 g/mol. The Labute approximate surface area is 128 Å². The van der Waals surface area contributed by atoms with Crippen molar-refractivity contribution in [2.24, 2.45) is 5.41 Å². The second-order valence-corrected chi connectivity index (χ2v) is 6.69. The molecule has 120 valence electrons. The molecule has 0 atom stereocenters. The van der Waals surface area contributed by atoms with Crippen molar-refractivity contribution in [1.82, 2.24) is 15.1 Å². The standard InChI is InChI=1S/C16H29N3O2/c1-3-8-17-14(20)13-18-9-11-19(12-10-18)15(21)16(2)6-4-5-7-16/h3-13H2,1-2H3,(H,17,20). The fourth-order valence-electron chi connectivity index (χ4n) is 3.38. The summed E-state index contributed by atoms with van der Waals surface area (Å²) in [5.74, 6) is 0.425. The molecular formula is C16H29N3O2. The summed E-state index contributed by atoms with van der Waals surface area (Å²) in [6.07, 6.45) is 5.39. The topological polar surface area (TPSA) is 52.7 Å². The second-order valence-electron chi connectivity index (χ2n) is 6.69. The molecule has 5 nitrogen and oxygen atoms in total. The molecule has 1 aliphatic heterocycles. The van der Waals surface area contributed by atoms with E-state index in [1.165, 1.54) is 12.8 Å². The SMILES string of the molecule is CCCNC(=O)CN1CCN(C(=O)C2(C)CCCC2)CC1. The molecule has 0 spiro atoms. The van der Waals surface area contributed by atoms with E-state index in [9.17, 15) is 9.59 Å². The van der Waals surface area contributed by atoms with E-state index in [-0.39, 0.29) is 11.3 Å². The number of hydrogen-bond donors (Lipinski definition) is 1. The quantitative estimate of drug-likeness (QED) is 0.830. The van der Waals surface area contributed by atoms with E-state index >= 15 is 0 Å². The van der Waals surface area contributed by atoms with Gasteiger partial charge in [-0.1, -0.05) is 26.7 Å². The average Bonchev–Trinajstić information content (AvgIpc) is 2.93. The molecule has 2 fully saturated rings. The van der Waals surface area contributed by atoms with Gasteiger partial charge in [-0.3, -0.25) is 14.5 Å². The van der Waals surface area contributed by atoms with Crippen LogP contribution >= 0.6 is 0 Å². The molecule has 0 radical (unpaired) electrons. The highest BCUT2D eigenvalue weighted by Crippen LogP contribution is 2.39. The summed E-state index contributed by atoms with van der Waals surface area (Å²) in [6.45, 7) is 8.50. The molecule has 0 aromatic heterocycles. The summed E-state index contributed by atoms with van der Waals surface area (Å²) in [4.78, 5) is 28.5. The first kappa shape index (κ1) is 16.3. The predicted molar refractivity (Wildman–Crippen MR) is 82.9 cm³/mol. The van der Waals surface area contributed by atoms with Crippen molar-refractivity contribution in [3.63, 3.8) is 0 Å². The zero-order valence-corrected chi connectivity index (χ0v) is 13.5. The highest BCUT2D eigenvalue weighted by Gasteiger charge is 2.39. The van der Waals surface area contributed by atoms with Crippen molar-refractivity contribution in [3.05, 3.63) is 0 Å². The van der Waals surface area contributed by atoms with Crippen LogP contribution in [-0.4, -0.2) is 60.9 Å². The molecule has 2 amide bonds. The second kappa shape index (κ2) is 7.25. The summed E-state index contributed by atoms with van der Waals surface area (Å²) in [5.41, 5.74) is -0.124. The van der Waals surface area contributed by atoms with Crippen molar-refractivity contribution < 1.29 is 9.59 Å². The lowest BCUT2D eigenvalue weighted by Gasteiger charge is -2.38. The van der Waals surface area contributed by atoms with Crippen LogP contribution in [0.3, 0.4) is 0 Å². The van der Waals surface area contributed by atoms with Gasteiger partial charge in [0.25, 0.3) is 0 Å². The van der Waals surface area contributed by atoms with Crippen LogP contribution in [0.2, 0.25) is 0 Å². The summed E-state index contributed by atoms with van der Waals surface area (Å²) >= 11 is 0. The number of carbonyl (C=O) groups is 2. The molecule has 5 heteroatoms. The van der Waals surface area contributed by atoms with Gasteiger partial charge in [-0.05, 0) is 19.3 Å². The van der Waals surface area contributed by atoms with Gasteiger partial charge in [-0.25, -0.2) is 0 Å². The van der Waals surface area contributed by atoms with E-state index in [0.29, 0.717) is 12.5 Å². The van der Waals surface area contributed by atoms with Crippen LogP contribution in [0.5, 0.6) is 0 Å². The fraction of sp³-hybridized carbons (Fsp3) is 0.875. The van der Waals surface area contributed by atoms with E-state index in [0.717, 1.165) is 52.0 Å². The third-order valence-electron chi connectivity index (χ3n) is 4.82. The van der Waals surface area contributed by atoms with Gasteiger partial charge in [0.1, 0.15) is 0 Å². The van der Waals surface area contributed by atoms with Crippen LogP contribution in [0.1, 0.15) is 46.0 Å². The Hall–Kier alpha value is -1.10. The van der Waals surface area contributed by atoms with Gasteiger partial charge < -0.3 is 10.2 Å². The Bertz CT molecular complexity index is 370. The van der Waals surface area contributed by atoms with Gasteiger partial charge in [0.05, 0.1) is 6.54 Å². The van der Waals surface area contributed by atoms with Gasteiger partial charge in [-0.15, -0.1) is 0 Å². The van der Waals surface area contributed by atoms with E-state index in [1.54, 1.807) is 0 Å². The van der Waals surface area contributed by atoms with Crippen molar-refractivity contribution in [2.75, 3.05) is 39.3 Å². The number of nitrogens with one attached hydrogen (secondary N) is 1. The molecule has 1 heterocycles. The summed E-state index contributed by atoms with van der Waals surface area (Å²) in [7, 11) is 0. The highest BCUT2D eigenvalue weighted by atomic mass is 16.2. The van der Waals surface area contributed by atoms with E-state index in [1.807, 2.05) is 11.8 Å². The molecule has 1 N–H and O–H groups in total. The first-order chi connectivity index (χ1) is 10.0. The van der Waals surface area contributed by atoms with Crippen LogP contribution in [0.4, 0.5) is 0 Å². The lowest BCUT2D eigenvalue weighted by molar-refractivity contribution is -0.142. The van der Waals surface area contributed by atoms with Crippen LogP contribution < -0.4 is 5.32 Å². The van der Waals surface area contributed by atoms with Gasteiger partial charge in [0, 0.05) is 38.1 Å². The van der Waals surface area contributed by atoms with Crippen molar-refractivity contribution in [1.29, 1.82) is 0 Å². The maximum absolute atomic E-state index is 12.6. The van der Waals surface area contributed by atoms with Crippen LogP contribution in [0, 0.1) is 5.41 Å². The van der Waals surface area contributed by atoms with Crippen molar-refractivity contribution in [2.45, 2.75) is 46.0 Å². The normalized spacial score (nSPS) is 22.3. The fourth-order valence-corrected chi connectivity index (χ4v) is 3.38. The minimum absolute atomic E-state index is 0.0966. The molecule has 1 saturated carbocycles. The molecule has 0 unspecified atom stereocenters. The van der Waals surface area contributed by atoms with Crippen molar-refractivity contribution >= 4 is 11.8 Å². The smallest absolute Gasteiger partial charge is 0.234 e. The Kier molecular flexibility index (Phi) is 5.62. The van der Waals surface area contributed by atoms with E-state index in [2.05, 4.69) is 17.1 Å². The third-order valence-corrected chi connectivity index (χ3v) is 4.82. The number of rotatable bonds is 5. The van der Waals surface area contributed by atoms with Gasteiger partial charge in [0.2, 0.25) is 11.8 Å². The van der Waals surface area contributed by atoms with E-state index in [4.69, 9.17) is 0 Å². The minimum Gasteiger partial charge on any atom is -0.355 e. The number of piperazine rings is 1. The largest absolute Gasteiger partial charge is 0.355 e. The van der Waals surface area contributed by atoms with Crippen LogP contribution in [0.15, 0.2) is 0 Å². The maximum Gasteiger partial charge on any atom is 0.234 e. The van der Waals surface area contributed by atoms with Crippen LogP contribution in [0.25, 0.3) is 0 Å².